The van der Waals surface area contributed by atoms with Crippen LogP contribution in [0.2, 0.25) is 0 Å². The maximum atomic E-state index is 12.6. The Labute approximate surface area is 149 Å². The Bertz CT molecular complexity index is 840. The van der Waals surface area contributed by atoms with Crippen molar-refractivity contribution in [2.24, 2.45) is 7.05 Å². The van der Waals surface area contributed by atoms with E-state index in [1.807, 2.05) is 27.3 Å². The zero-order valence-electron chi connectivity index (χ0n) is 13.9. The molecule has 25 heavy (non-hydrogen) atoms. The summed E-state index contributed by atoms with van der Waals surface area (Å²) in [6.07, 6.45) is 7.40. The van der Waals surface area contributed by atoms with Crippen LogP contribution in [0.25, 0.3) is 0 Å². The molecule has 4 rings (SSSR count). The Morgan fingerprint density at radius 1 is 1.40 bits per heavy atom. The van der Waals surface area contributed by atoms with Gasteiger partial charge in [-0.3, -0.25) is 4.79 Å². The summed E-state index contributed by atoms with van der Waals surface area (Å²) in [7, 11) is 1.99. The highest BCUT2D eigenvalue weighted by atomic mass is 32.1. The molecule has 0 N–H and O–H groups in total. The van der Waals surface area contributed by atoms with E-state index in [9.17, 15) is 4.79 Å². The van der Waals surface area contributed by atoms with E-state index in [2.05, 4.69) is 20.2 Å². The van der Waals surface area contributed by atoms with E-state index in [-0.39, 0.29) is 11.8 Å². The van der Waals surface area contributed by atoms with E-state index in [0.29, 0.717) is 18.8 Å². The third kappa shape index (κ3) is 3.19. The van der Waals surface area contributed by atoms with Gasteiger partial charge in [-0.1, -0.05) is 0 Å². The van der Waals surface area contributed by atoms with Crippen molar-refractivity contribution in [2.75, 3.05) is 13.1 Å². The summed E-state index contributed by atoms with van der Waals surface area (Å²) in [6.45, 7) is 2.07. The van der Waals surface area contributed by atoms with Crippen LogP contribution in [0.4, 0.5) is 0 Å². The molecule has 0 radical (unpaired) electrons. The van der Waals surface area contributed by atoms with Gasteiger partial charge in [-0.15, -0.1) is 21.5 Å². The third-order valence-corrected chi connectivity index (χ3v) is 5.19. The fourth-order valence-corrected chi connectivity index (χ4v) is 3.79. The highest BCUT2D eigenvalue weighted by molar-refractivity contribution is 7.07. The predicted octanol–water partition coefficient (Wildman–Crippen LogP) is 1.54. The molecule has 3 aromatic heterocycles. The van der Waals surface area contributed by atoms with Gasteiger partial charge >= 0.3 is 0 Å². The molecule has 1 amide bonds. The van der Waals surface area contributed by atoms with Gasteiger partial charge < -0.3 is 14.0 Å². The first kappa shape index (κ1) is 15.9. The van der Waals surface area contributed by atoms with Crippen LogP contribution >= 0.6 is 11.3 Å². The number of carbonyl (C=O) groups excluding carboxylic acids is 1. The van der Waals surface area contributed by atoms with Crippen LogP contribution in [0.3, 0.4) is 0 Å². The van der Waals surface area contributed by atoms with Gasteiger partial charge in [0.15, 0.2) is 5.82 Å². The summed E-state index contributed by atoms with van der Waals surface area (Å²) in [6, 6.07) is 0. The molecule has 1 fully saturated rings. The van der Waals surface area contributed by atoms with Crippen molar-refractivity contribution in [1.29, 1.82) is 0 Å². The standard InChI is InChI=1S/C16H19N7OS/c1-21-14(8-22-6-4-17-10-22)19-20-15(21)12-3-2-5-23(7-12)16(24)13-9-25-11-18-13/h4,6,9-12H,2-3,5,7-8H2,1H3. The van der Waals surface area contributed by atoms with Crippen molar-refractivity contribution in [3.05, 3.63) is 47.0 Å². The molecule has 8 nitrogen and oxygen atoms in total. The van der Waals surface area contributed by atoms with E-state index >= 15 is 0 Å². The second-order valence-corrected chi connectivity index (χ2v) is 6.95. The normalized spacial score (nSPS) is 17.8. The lowest BCUT2D eigenvalue weighted by Gasteiger charge is -2.31. The molecule has 0 spiro atoms. The Balaban J connectivity index is 1.50. The number of thiazole rings is 1. The molecule has 9 heteroatoms. The summed E-state index contributed by atoms with van der Waals surface area (Å²) >= 11 is 1.44. The molecule has 0 saturated carbocycles. The summed E-state index contributed by atoms with van der Waals surface area (Å²) < 4.78 is 4.01. The van der Waals surface area contributed by atoms with Gasteiger partial charge in [0, 0.05) is 43.8 Å². The van der Waals surface area contributed by atoms with E-state index in [1.54, 1.807) is 23.4 Å². The fraction of sp³-hybridized carbons (Fsp3) is 0.438. The van der Waals surface area contributed by atoms with E-state index < -0.39 is 0 Å². The molecule has 1 aliphatic heterocycles. The van der Waals surface area contributed by atoms with Gasteiger partial charge in [-0.25, -0.2) is 9.97 Å². The maximum absolute atomic E-state index is 12.6. The second-order valence-electron chi connectivity index (χ2n) is 6.23. The van der Waals surface area contributed by atoms with Gasteiger partial charge in [0.05, 0.1) is 18.4 Å². The molecule has 1 unspecified atom stereocenters. The number of amides is 1. The van der Waals surface area contributed by atoms with Crippen molar-refractivity contribution in [3.63, 3.8) is 0 Å². The Morgan fingerprint density at radius 2 is 2.32 bits per heavy atom. The van der Waals surface area contributed by atoms with Gasteiger partial charge in [0.1, 0.15) is 11.5 Å². The minimum atomic E-state index is 0.00626. The molecular formula is C16H19N7OS. The van der Waals surface area contributed by atoms with Crippen LogP contribution in [-0.2, 0) is 13.6 Å². The van der Waals surface area contributed by atoms with Crippen molar-refractivity contribution in [1.82, 2.24) is 34.2 Å². The van der Waals surface area contributed by atoms with E-state index in [4.69, 9.17) is 0 Å². The first-order valence-corrected chi connectivity index (χ1v) is 9.18. The maximum Gasteiger partial charge on any atom is 0.273 e. The molecule has 4 heterocycles. The second kappa shape index (κ2) is 6.75. The number of hydrogen-bond donors (Lipinski definition) is 0. The third-order valence-electron chi connectivity index (χ3n) is 4.61. The monoisotopic (exact) mass is 357 g/mol. The quantitative estimate of drug-likeness (QED) is 0.707. The molecule has 1 aliphatic rings. The van der Waals surface area contributed by atoms with Gasteiger partial charge in [0.2, 0.25) is 0 Å². The van der Waals surface area contributed by atoms with Crippen LogP contribution in [0.15, 0.2) is 29.6 Å². The van der Waals surface area contributed by atoms with Crippen molar-refractivity contribution in [2.45, 2.75) is 25.3 Å². The highest BCUT2D eigenvalue weighted by Gasteiger charge is 2.29. The summed E-state index contributed by atoms with van der Waals surface area (Å²) in [5, 5.41) is 10.5. The molecule has 1 atom stereocenters. The van der Waals surface area contributed by atoms with E-state index in [1.165, 1.54) is 11.3 Å². The zero-order valence-corrected chi connectivity index (χ0v) is 14.8. The van der Waals surface area contributed by atoms with Crippen molar-refractivity contribution < 1.29 is 4.79 Å². The topological polar surface area (TPSA) is 81.7 Å². The number of carbonyl (C=O) groups is 1. The first-order valence-electron chi connectivity index (χ1n) is 8.23. The number of hydrogen-bond acceptors (Lipinski definition) is 6. The summed E-state index contributed by atoms with van der Waals surface area (Å²) in [5.74, 6) is 2.03. The fourth-order valence-electron chi connectivity index (χ4n) is 3.26. The lowest BCUT2D eigenvalue weighted by molar-refractivity contribution is 0.0698. The molecule has 0 aliphatic carbocycles. The average Bonchev–Trinajstić information content (AvgIpc) is 3.38. The van der Waals surface area contributed by atoms with Crippen molar-refractivity contribution in [3.8, 4) is 0 Å². The summed E-state index contributed by atoms with van der Waals surface area (Å²) in [4.78, 5) is 22.6. The van der Waals surface area contributed by atoms with Crippen LogP contribution in [-0.4, -0.2) is 53.2 Å². The molecule has 3 aromatic rings. The minimum Gasteiger partial charge on any atom is -0.337 e. The highest BCUT2D eigenvalue weighted by Crippen LogP contribution is 2.26. The molecule has 1 saturated heterocycles. The van der Waals surface area contributed by atoms with Gasteiger partial charge in [0.25, 0.3) is 5.91 Å². The number of aromatic nitrogens is 6. The lowest BCUT2D eigenvalue weighted by atomic mass is 9.97. The number of likely N-dealkylation sites (tertiary alicyclic amines) is 1. The number of piperidine rings is 1. The smallest absolute Gasteiger partial charge is 0.273 e. The predicted molar refractivity (Wildman–Crippen MR) is 92.3 cm³/mol. The van der Waals surface area contributed by atoms with Crippen LogP contribution < -0.4 is 0 Å². The molecular weight excluding hydrogens is 338 g/mol. The largest absolute Gasteiger partial charge is 0.337 e. The van der Waals surface area contributed by atoms with Crippen LogP contribution in [0.5, 0.6) is 0 Å². The minimum absolute atomic E-state index is 0.00626. The zero-order chi connectivity index (χ0) is 17.2. The molecule has 130 valence electrons. The average molecular weight is 357 g/mol. The first-order chi connectivity index (χ1) is 12.2. The van der Waals surface area contributed by atoms with Crippen LogP contribution in [0, 0.1) is 0 Å². The summed E-state index contributed by atoms with van der Waals surface area (Å²) in [5.41, 5.74) is 2.23. The molecule has 0 bridgehead atoms. The number of imidazole rings is 1. The number of nitrogens with zero attached hydrogens (tertiary/aromatic N) is 7. The van der Waals surface area contributed by atoms with Crippen molar-refractivity contribution >= 4 is 17.2 Å². The molecule has 0 aromatic carbocycles. The SMILES string of the molecule is Cn1c(Cn2ccnc2)nnc1C1CCCN(C(=O)c2cscn2)C1. The van der Waals surface area contributed by atoms with Gasteiger partial charge in [-0.2, -0.15) is 0 Å². The van der Waals surface area contributed by atoms with E-state index in [0.717, 1.165) is 31.0 Å². The van der Waals surface area contributed by atoms with Gasteiger partial charge in [-0.05, 0) is 12.8 Å². The Hall–Kier alpha value is -2.55. The Kier molecular flexibility index (Phi) is 4.31. The number of rotatable bonds is 4. The lowest BCUT2D eigenvalue weighted by Crippen LogP contribution is -2.39. The van der Waals surface area contributed by atoms with Crippen LogP contribution in [0.1, 0.15) is 40.9 Å². The Morgan fingerprint density at radius 3 is 3.08 bits per heavy atom.